The first-order chi connectivity index (χ1) is 9.63. The molecule has 2 aliphatic rings. The number of fused-ring (bicyclic) bond motifs is 1. The summed E-state index contributed by atoms with van der Waals surface area (Å²) >= 11 is 0. The van der Waals surface area contributed by atoms with E-state index < -0.39 is 10.0 Å². The van der Waals surface area contributed by atoms with Crippen LogP contribution in [0.5, 0.6) is 5.75 Å². The highest BCUT2D eigenvalue weighted by atomic mass is 35.5. The van der Waals surface area contributed by atoms with E-state index in [1.54, 1.807) is 22.5 Å². The molecule has 0 amide bonds. The van der Waals surface area contributed by atoms with Crippen molar-refractivity contribution in [2.24, 2.45) is 5.73 Å². The highest BCUT2D eigenvalue weighted by Crippen LogP contribution is 2.31. The maximum Gasteiger partial charge on any atom is 0.243 e. The zero-order valence-electron chi connectivity index (χ0n) is 11.8. The van der Waals surface area contributed by atoms with Gasteiger partial charge in [-0.25, -0.2) is 8.42 Å². The minimum absolute atomic E-state index is 0. The van der Waals surface area contributed by atoms with E-state index in [2.05, 4.69) is 0 Å². The van der Waals surface area contributed by atoms with Crippen molar-refractivity contribution in [2.45, 2.75) is 36.6 Å². The molecule has 21 heavy (non-hydrogen) atoms. The molecule has 0 aromatic heterocycles. The smallest absolute Gasteiger partial charge is 0.243 e. The third-order valence-electron chi connectivity index (χ3n) is 4.08. The summed E-state index contributed by atoms with van der Waals surface area (Å²) in [5.74, 6) is 0.812. The van der Waals surface area contributed by atoms with E-state index >= 15 is 0 Å². The minimum Gasteiger partial charge on any atom is -0.493 e. The van der Waals surface area contributed by atoms with E-state index in [9.17, 15) is 8.42 Å². The molecule has 1 atom stereocenters. The summed E-state index contributed by atoms with van der Waals surface area (Å²) in [6.07, 6.45) is 3.55. The second-order valence-corrected chi connectivity index (χ2v) is 7.26. The maximum atomic E-state index is 12.7. The lowest BCUT2D eigenvalue weighted by Crippen LogP contribution is -2.39. The van der Waals surface area contributed by atoms with Crippen molar-refractivity contribution < 1.29 is 13.2 Å². The first-order valence-corrected chi connectivity index (χ1v) is 8.54. The Labute approximate surface area is 131 Å². The summed E-state index contributed by atoms with van der Waals surface area (Å²) in [7, 11) is -3.44. The molecular formula is C14H21ClN2O3S. The number of hydrogen-bond acceptors (Lipinski definition) is 4. The molecule has 118 valence electrons. The van der Waals surface area contributed by atoms with Gasteiger partial charge in [-0.3, -0.25) is 0 Å². The molecule has 5 nitrogen and oxygen atoms in total. The summed E-state index contributed by atoms with van der Waals surface area (Å²) < 4.78 is 32.5. The molecule has 7 heteroatoms. The fourth-order valence-corrected chi connectivity index (χ4v) is 4.75. The van der Waals surface area contributed by atoms with Gasteiger partial charge in [-0.2, -0.15) is 4.31 Å². The first kappa shape index (κ1) is 16.5. The van der Waals surface area contributed by atoms with Crippen LogP contribution < -0.4 is 10.5 Å². The molecular weight excluding hydrogens is 312 g/mol. The number of aryl methyl sites for hydroxylation is 1. The Morgan fingerprint density at radius 3 is 2.90 bits per heavy atom. The molecule has 0 bridgehead atoms. The zero-order chi connectivity index (χ0) is 14.2. The van der Waals surface area contributed by atoms with Gasteiger partial charge in [0.25, 0.3) is 0 Å². The SMILES string of the molecule is Cl.NCC1CCCN1S(=O)(=O)c1ccc2c(c1)CCCO2. The number of hydrogen-bond donors (Lipinski definition) is 1. The molecule has 0 saturated carbocycles. The van der Waals surface area contributed by atoms with Gasteiger partial charge in [0, 0.05) is 19.1 Å². The van der Waals surface area contributed by atoms with Crippen molar-refractivity contribution in [3.05, 3.63) is 23.8 Å². The van der Waals surface area contributed by atoms with Crippen LogP contribution in [0.25, 0.3) is 0 Å². The molecule has 1 fully saturated rings. The summed E-state index contributed by atoms with van der Waals surface area (Å²) in [6.45, 7) is 1.66. The van der Waals surface area contributed by atoms with Gasteiger partial charge in [0.1, 0.15) is 5.75 Å². The Kier molecular flexibility index (Phi) is 5.14. The van der Waals surface area contributed by atoms with Crippen LogP contribution in [0, 0.1) is 0 Å². The van der Waals surface area contributed by atoms with Gasteiger partial charge in [-0.1, -0.05) is 0 Å². The van der Waals surface area contributed by atoms with Gasteiger partial charge in [0.15, 0.2) is 0 Å². The first-order valence-electron chi connectivity index (χ1n) is 7.10. The van der Waals surface area contributed by atoms with Gasteiger partial charge in [-0.05, 0) is 49.4 Å². The minimum atomic E-state index is -3.44. The molecule has 1 aromatic rings. The van der Waals surface area contributed by atoms with E-state index in [4.69, 9.17) is 10.5 Å². The third kappa shape index (κ3) is 3.04. The predicted octanol–water partition coefficient (Wildman–Crippen LogP) is 1.55. The fourth-order valence-electron chi connectivity index (χ4n) is 2.99. The number of sulfonamides is 1. The van der Waals surface area contributed by atoms with Crippen molar-refractivity contribution in [1.82, 2.24) is 4.31 Å². The average Bonchev–Trinajstić information content (AvgIpc) is 2.96. The standard InChI is InChI=1S/C14H20N2O3S.ClH/c15-10-12-4-1-7-16(12)20(17,18)13-5-6-14-11(9-13)3-2-8-19-14;/h5-6,9,12H,1-4,7-8,10,15H2;1H. The van der Waals surface area contributed by atoms with Crippen LogP contribution in [-0.2, 0) is 16.4 Å². The topological polar surface area (TPSA) is 72.6 Å². The quantitative estimate of drug-likeness (QED) is 0.911. The number of benzene rings is 1. The predicted molar refractivity (Wildman–Crippen MR) is 83.5 cm³/mol. The highest BCUT2D eigenvalue weighted by Gasteiger charge is 2.34. The Bertz CT molecular complexity index is 606. The van der Waals surface area contributed by atoms with Gasteiger partial charge in [0.05, 0.1) is 11.5 Å². The molecule has 3 rings (SSSR count). The molecule has 2 N–H and O–H groups in total. The fraction of sp³-hybridized carbons (Fsp3) is 0.571. The lowest BCUT2D eigenvalue weighted by Gasteiger charge is -2.24. The Balaban J connectivity index is 0.00000161. The van der Waals surface area contributed by atoms with Crippen LogP contribution in [0.3, 0.4) is 0 Å². The summed E-state index contributed by atoms with van der Waals surface area (Å²) in [4.78, 5) is 0.363. The van der Waals surface area contributed by atoms with E-state index in [-0.39, 0.29) is 18.4 Å². The molecule has 1 saturated heterocycles. The van der Waals surface area contributed by atoms with Gasteiger partial charge in [0.2, 0.25) is 10.0 Å². The van der Waals surface area contributed by atoms with Crippen molar-refractivity contribution >= 4 is 22.4 Å². The second kappa shape index (κ2) is 6.52. The number of rotatable bonds is 3. The summed E-state index contributed by atoms with van der Waals surface area (Å²) in [6, 6.07) is 5.11. The van der Waals surface area contributed by atoms with E-state index in [1.165, 1.54) is 0 Å². The van der Waals surface area contributed by atoms with Crippen LogP contribution >= 0.6 is 12.4 Å². The van der Waals surface area contributed by atoms with Crippen LogP contribution in [0.1, 0.15) is 24.8 Å². The number of nitrogens with zero attached hydrogens (tertiary/aromatic N) is 1. The highest BCUT2D eigenvalue weighted by molar-refractivity contribution is 7.89. The molecule has 0 spiro atoms. The molecule has 0 aliphatic carbocycles. The lowest BCUT2D eigenvalue weighted by molar-refractivity contribution is 0.288. The van der Waals surface area contributed by atoms with E-state index in [0.29, 0.717) is 24.6 Å². The number of ether oxygens (including phenoxy) is 1. The van der Waals surface area contributed by atoms with Crippen molar-refractivity contribution in [3.63, 3.8) is 0 Å². The van der Waals surface area contributed by atoms with Gasteiger partial charge < -0.3 is 10.5 Å². The van der Waals surface area contributed by atoms with Crippen LogP contribution in [0.2, 0.25) is 0 Å². The normalized spacial score (nSPS) is 22.2. The van der Waals surface area contributed by atoms with Crippen molar-refractivity contribution in [2.75, 3.05) is 19.7 Å². The zero-order valence-corrected chi connectivity index (χ0v) is 13.5. The van der Waals surface area contributed by atoms with E-state index in [0.717, 1.165) is 37.0 Å². The number of halogens is 1. The van der Waals surface area contributed by atoms with E-state index in [1.807, 2.05) is 0 Å². The third-order valence-corrected chi connectivity index (χ3v) is 6.03. The summed E-state index contributed by atoms with van der Waals surface area (Å²) in [5.41, 5.74) is 6.67. The van der Waals surface area contributed by atoms with Crippen LogP contribution in [0.4, 0.5) is 0 Å². The second-order valence-electron chi connectivity index (χ2n) is 5.37. The molecule has 2 heterocycles. The largest absolute Gasteiger partial charge is 0.493 e. The Morgan fingerprint density at radius 1 is 1.33 bits per heavy atom. The average molecular weight is 333 g/mol. The molecule has 1 aromatic carbocycles. The van der Waals surface area contributed by atoms with Crippen LogP contribution in [0.15, 0.2) is 23.1 Å². The Hall–Kier alpha value is -0.820. The van der Waals surface area contributed by atoms with Crippen molar-refractivity contribution in [3.8, 4) is 5.75 Å². The molecule has 1 unspecified atom stereocenters. The van der Waals surface area contributed by atoms with Gasteiger partial charge in [-0.15, -0.1) is 12.4 Å². The monoisotopic (exact) mass is 332 g/mol. The lowest BCUT2D eigenvalue weighted by atomic mass is 10.1. The van der Waals surface area contributed by atoms with Crippen molar-refractivity contribution in [1.29, 1.82) is 0 Å². The molecule has 2 aliphatic heterocycles. The van der Waals surface area contributed by atoms with Crippen LogP contribution in [-0.4, -0.2) is 38.5 Å². The van der Waals surface area contributed by atoms with Gasteiger partial charge >= 0.3 is 0 Å². The Morgan fingerprint density at radius 2 is 2.14 bits per heavy atom. The summed E-state index contributed by atoms with van der Waals surface area (Å²) in [5, 5.41) is 0. The molecule has 0 radical (unpaired) electrons. The number of nitrogens with two attached hydrogens (primary N) is 1. The maximum absolute atomic E-state index is 12.7.